The molecule has 1 aliphatic heterocycles. The zero-order valence-corrected chi connectivity index (χ0v) is 14.3. The van der Waals surface area contributed by atoms with E-state index in [1.54, 1.807) is 31.2 Å². The fourth-order valence-electron chi connectivity index (χ4n) is 2.84. The maximum absolute atomic E-state index is 12.9. The molecule has 25 heavy (non-hydrogen) atoms. The van der Waals surface area contributed by atoms with Gasteiger partial charge in [0.2, 0.25) is 11.8 Å². The molecule has 2 amide bonds. The largest absolute Gasteiger partial charge is 0.348 e. The summed E-state index contributed by atoms with van der Waals surface area (Å²) in [5.74, 6) is -1.27. The Labute approximate surface area is 149 Å². The molecule has 1 aromatic heterocycles. The Morgan fingerprint density at radius 1 is 1.36 bits per heavy atom. The number of nitrogens with one attached hydrogen (secondary N) is 1. The molecule has 7 heteroatoms. The maximum Gasteiger partial charge on any atom is 0.227 e. The van der Waals surface area contributed by atoms with Crippen LogP contribution >= 0.6 is 11.6 Å². The summed E-state index contributed by atoms with van der Waals surface area (Å²) in [4.78, 5) is 30.2. The number of rotatable bonds is 4. The van der Waals surface area contributed by atoms with Crippen molar-refractivity contribution in [3.8, 4) is 0 Å². The highest BCUT2D eigenvalue weighted by molar-refractivity contribution is 6.33. The topological polar surface area (TPSA) is 62.3 Å². The molecule has 3 rings (SSSR count). The van der Waals surface area contributed by atoms with Crippen molar-refractivity contribution >= 4 is 29.1 Å². The van der Waals surface area contributed by atoms with Crippen molar-refractivity contribution in [1.29, 1.82) is 0 Å². The summed E-state index contributed by atoms with van der Waals surface area (Å²) >= 11 is 6.14. The Balaban J connectivity index is 1.66. The lowest BCUT2D eigenvalue weighted by Crippen LogP contribution is -2.34. The van der Waals surface area contributed by atoms with Crippen molar-refractivity contribution in [2.75, 3.05) is 11.4 Å². The molecule has 0 radical (unpaired) electrons. The number of carbonyl (C=O) groups excluding carboxylic acids is 2. The molecule has 0 aliphatic carbocycles. The summed E-state index contributed by atoms with van der Waals surface area (Å²) in [5, 5.41) is 3.30. The molecule has 2 atom stereocenters. The lowest BCUT2D eigenvalue weighted by atomic mass is 10.1. The molecule has 1 aromatic carbocycles. The summed E-state index contributed by atoms with van der Waals surface area (Å²) in [6, 6.07) is 9.49. The lowest BCUT2D eigenvalue weighted by Gasteiger charge is -2.19. The van der Waals surface area contributed by atoms with Gasteiger partial charge in [-0.25, -0.2) is 4.39 Å². The molecule has 1 N–H and O–H groups in total. The molecule has 2 heterocycles. The normalized spacial score (nSPS) is 18.3. The van der Waals surface area contributed by atoms with Gasteiger partial charge in [0, 0.05) is 13.0 Å². The Hall–Kier alpha value is -2.47. The maximum atomic E-state index is 12.9. The Bertz CT molecular complexity index is 797. The summed E-state index contributed by atoms with van der Waals surface area (Å²) in [6.07, 6.45) is 1.23. The number of hydrogen-bond acceptors (Lipinski definition) is 3. The average Bonchev–Trinajstić information content (AvgIpc) is 2.97. The molecule has 5 nitrogen and oxygen atoms in total. The van der Waals surface area contributed by atoms with Crippen LogP contribution < -0.4 is 10.2 Å². The molecule has 130 valence electrons. The molecular formula is C18H17ClFN3O2. The summed E-state index contributed by atoms with van der Waals surface area (Å²) < 4.78 is 12.9. The van der Waals surface area contributed by atoms with Gasteiger partial charge in [0.1, 0.15) is 5.82 Å². The van der Waals surface area contributed by atoms with E-state index in [1.165, 1.54) is 17.0 Å². The monoisotopic (exact) mass is 361 g/mol. The van der Waals surface area contributed by atoms with Crippen LogP contribution in [-0.2, 0) is 9.59 Å². The van der Waals surface area contributed by atoms with Crippen LogP contribution in [0.1, 0.15) is 25.1 Å². The Morgan fingerprint density at radius 3 is 2.80 bits per heavy atom. The highest BCUT2D eigenvalue weighted by Gasteiger charge is 2.36. The number of pyridine rings is 1. The van der Waals surface area contributed by atoms with Gasteiger partial charge in [-0.1, -0.05) is 23.7 Å². The molecule has 2 aromatic rings. The van der Waals surface area contributed by atoms with E-state index >= 15 is 0 Å². The minimum atomic E-state index is -0.466. The SMILES string of the molecule is C[C@H](NC(=O)C1CC(=O)N(c2ccccc2Cl)C1)c1ccc(F)cn1. The fourth-order valence-corrected chi connectivity index (χ4v) is 3.07. The van der Waals surface area contributed by atoms with Crippen LogP contribution in [0.2, 0.25) is 5.02 Å². The predicted molar refractivity (Wildman–Crippen MR) is 92.7 cm³/mol. The molecule has 1 saturated heterocycles. The van der Waals surface area contributed by atoms with E-state index in [9.17, 15) is 14.0 Å². The zero-order chi connectivity index (χ0) is 18.0. The van der Waals surface area contributed by atoms with Crippen LogP contribution in [0.4, 0.5) is 10.1 Å². The quantitative estimate of drug-likeness (QED) is 0.910. The second-order valence-electron chi connectivity index (χ2n) is 5.99. The minimum Gasteiger partial charge on any atom is -0.348 e. The van der Waals surface area contributed by atoms with Crippen LogP contribution in [0.5, 0.6) is 0 Å². The van der Waals surface area contributed by atoms with Gasteiger partial charge in [-0.2, -0.15) is 0 Å². The first-order valence-corrected chi connectivity index (χ1v) is 8.30. The first-order valence-electron chi connectivity index (χ1n) is 7.92. The van der Waals surface area contributed by atoms with Crippen LogP contribution in [0.15, 0.2) is 42.6 Å². The van der Waals surface area contributed by atoms with E-state index in [4.69, 9.17) is 11.6 Å². The van der Waals surface area contributed by atoms with Gasteiger partial charge in [-0.3, -0.25) is 14.6 Å². The fraction of sp³-hybridized carbons (Fsp3) is 0.278. The third-order valence-electron chi connectivity index (χ3n) is 4.19. The predicted octanol–water partition coefficient (Wildman–Crippen LogP) is 3.10. The first kappa shape index (κ1) is 17.4. The van der Waals surface area contributed by atoms with Crippen molar-refractivity contribution < 1.29 is 14.0 Å². The second kappa shape index (κ2) is 7.19. The van der Waals surface area contributed by atoms with Crippen LogP contribution in [-0.4, -0.2) is 23.3 Å². The van der Waals surface area contributed by atoms with Crippen molar-refractivity contribution in [2.24, 2.45) is 5.92 Å². The van der Waals surface area contributed by atoms with Crippen molar-refractivity contribution in [1.82, 2.24) is 10.3 Å². The van der Waals surface area contributed by atoms with Gasteiger partial charge in [-0.05, 0) is 31.2 Å². The van der Waals surface area contributed by atoms with Crippen molar-refractivity contribution in [3.63, 3.8) is 0 Å². The molecule has 1 unspecified atom stereocenters. The number of carbonyl (C=O) groups is 2. The number of nitrogens with zero attached hydrogens (tertiary/aromatic N) is 2. The number of aromatic nitrogens is 1. The van der Waals surface area contributed by atoms with E-state index in [0.717, 1.165) is 6.20 Å². The van der Waals surface area contributed by atoms with E-state index in [-0.39, 0.29) is 30.8 Å². The minimum absolute atomic E-state index is 0.126. The molecule has 1 fully saturated rings. The molecule has 1 aliphatic rings. The first-order chi connectivity index (χ1) is 12.0. The third-order valence-corrected chi connectivity index (χ3v) is 4.51. The average molecular weight is 362 g/mol. The number of halogens is 2. The van der Waals surface area contributed by atoms with E-state index < -0.39 is 11.7 Å². The van der Waals surface area contributed by atoms with E-state index in [0.29, 0.717) is 16.4 Å². The highest BCUT2D eigenvalue weighted by Crippen LogP contribution is 2.31. The second-order valence-corrected chi connectivity index (χ2v) is 6.40. The Kier molecular flexibility index (Phi) is 4.99. The number of anilines is 1. The summed E-state index contributed by atoms with van der Waals surface area (Å²) in [5.41, 5.74) is 1.17. The third kappa shape index (κ3) is 3.79. The molecule has 0 spiro atoms. The number of para-hydroxylation sites is 1. The smallest absolute Gasteiger partial charge is 0.227 e. The summed E-state index contributed by atoms with van der Waals surface area (Å²) in [6.45, 7) is 2.04. The van der Waals surface area contributed by atoms with Crippen molar-refractivity contribution in [3.05, 3.63) is 59.1 Å². The van der Waals surface area contributed by atoms with E-state index in [2.05, 4.69) is 10.3 Å². The molecule has 0 bridgehead atoms. The standard InChI is InChI=1S/C18H17ClFN3O2/c1-11(15-7-6-13(20)9-21-15)22-18(25)12-8-17(24)23(10-12)16-5-3-2-4-14(16)19/h2-7,9,11-12H,8,10H2,1H3,(H,22,25)/t11-,12?/m0/s1. The van der Waals surface area contributed by atoms with Gasteiger partial charge < -0.3 is 10.2 Å². The van der Waals surface area contributed by atoms with Gasteiger partial charge in [0.25, 0.3) is 0 Å². The van der Waals surface area contributed by atoms with Crippen molar-refractivity contribution in [2.45, 2.75) is 19.4 Å². The Morgan fingerprint density at radius 2 is 2.12 bits per heavy atom. The molecular weight excluding hydrogens is 345 g/mol. The van der Waals surface area contributed by atoms with E-state index in [1.807, 2.05) is 0 Å². The van der Waals surface area contributed by atoms with Crippen LogP contribution in [0.3, 0.4) is 0 Å². The molecule has 0 saturated carbocycles. The van der Waals surface area contributed by atoms with Gasteiger partial charge in [0.15, 0.2) is 0 Å². The van der Waals surface area contributed by atoms with Crippen LogP contribution in [0.25, 0.3) is 0 Å². The number of hydrogen-bond donors (Lipinski definition) is 1. The number of benzene rings is 1. The number of amides is 2. The van der Waals surface area contributed by atoms with Gasteiger partial charge in [-0.15, -0.1) is 0 Å². The van der Waals surface area contributed by atoms with Gasteiger partial charge in [0.05, 0.1) is 34.6 Å². The van der Waals surface area contributed by atoms with Crippen LogP contribution in [0, 0.1) is 11.7 Å². The summed E-state index contributed by atoms with van der Waals surface area (Å²) in [7, 11) is 0. The van der Waals surface area contributed by atoms with Gasteiger partial charge >= 0.3 is 0 Å². The lowest BCUT2D eigenvalue weighted by molar-refractivity contribution is -0.126. The zero-order valence-electron chi connectivity index (χ0n) is 13.6. The highest BCUT2D eigenvalue weighted by atomic mass is 35.5.